The van der Waals surface area contributed by atoms with E-state index in [9.17, 15) is 8.42 Å². The van der Waals surface area contributed by atoms with Gasteiger partial charge in [0.2, 0.25) is 0 Å². The summed E-state index contributed by atoms with van der Waals surface area (Å²) in [6, 6.07) is 1.50. The van der Waals surface area contributed by atoms with Crippen LogP contribution in [-0.2, 0) is 19.3 Å². The molecule has 1 aromatic heterocycles. The molecule has 0 saturated carbocycles. The van der Waals surface area contributed by atoms with E-state index in [1.807, 2.05) is 27.7 Å². The van der Waals surface area contributed by atoms with Crippen molar-refractivity contribution >= 4 is 17.1 Å². The number of allylic oxidation sites excluding steroid dienone is 2. The predicted octanol–water partition coefficient (Wildman–Crippen LogP) is 1.81. The summed E-state index contributed by atoms with van der Waals surface area (Å²) in [6.07, 6.45) is 6.28. The van der Waals surface area contributed by atoms with Crippen molar-refractivity contribution in [2.45, 2.75) is 69.2 Å². The van der Waals surface area contributed by atoms with E-state index in [1.54, 1.807) is 10.9 Å². The molecule has 1 aliphatic carbocycles. The molecule has 0 bridgehead atoms. The molecule has 7 nitrogen and oxygen atoms in total. The molecule has 0 spiro atoms. The van der Waals surface area contributed by atoms with Crippen molar-refractivity contribution in [1.82, 2.24) is 9.78 Å². The number of sulfonamides is 1. The molecule has 24 heavy (non-hydrogen) atoms. The normalized spacial score (nSPS) is 26.5. The summed E-state index contributed by atoms with van der Waals surface area (Å²) in [7, 11) is -4.15. The molecule has 3 rings (SSSR count). The molecule has 132 valence electrons. The van der Waals surface area contributed by atoms with Gasteiger partial charge in [0.25, 0.3) is 10.0 Å². The minimum absolute atomic E-state index is 0.0690. The SMILES string of the molecule is CC1(C)OB(C2=CCCC(n3ccc(S(N)(=O)=O)n3)C2)OC1(C)C. The summed E-state index contributed by atoms with van der Waals surface area (Å²) in [5.74, 6) is 0. The van der Waals surface area contributed by atoms with Crippen molar-refractivity contribution in [3.8, 4) is 0 Å². The van der Waals surface area contributed by atoms with Crippen LogP contribution in [-0.4, -0.2) is 36.5 Å². The van der Waals surface area contributed by atoms with E-state index in [-0.39, 0.29) is 29.4 Å². The van der Waals surface area contributed by atoms with Crippen molar-refractivity contribution in [3.05, 3.63) is 23.8 Å². The lowest BCUT2D eigenvalue weighted by molar-refractivity contribution is 0.00578. The summed E-state index contributed by atoms with van der Waals surface area (Å²) in [5.41, 5.74) is 0.327. The smallest absolute Gasteiger partial charge is 0.400 e. The zero-order valence-electron chi connectivity index (χ0n) is 14.5. The Morgan fingerprint density at radius 3 is 2.46 bits per heavy atom. The van der Waals surface area contributed by atoms with Crippen LogP contribution in [0.4, 0.5) is 0 Å². The molecule has 1 aliphatic heterocycles. The first kappa shape index (κ1) is 17.7. The molecule has 1 unspecified atom stereocenters. The number of primary sulfonamides is 1. The van der Waals surface area contributed by atoms with Crippen molar-refractivity contribution in [3.63, 3.8) is 0 Å². The molecule has 2 heterocycles. The molecule has 2 N–H and O–H groups in total. The Hall–Kier alpha value is -1.16. The lowest BCUT2D eigenvalue weighted by atomic mass is 9.71. The summed E-state index contributed by atoms with van der Waals surface area (Å²) in [6.45, 7) is 8.11. The quantitative estimate of drug-likeness (QED) is 0.836. The Morgan fingerprint density at radius 2 is 1.92 bits per heavy atom. The fourth-order valence-corrected chi connectivity index (χ4v) is 3.47. The van der Waals surface area contributed by atoms with Crippen LogP contribution in [0.1, 0.15) is 53.0 Å². The number of nitrogens with two attached hydrogens (primary N) is 1. The highest BCUT2D eigenvalue weighted by atomic mass is 32.2. The van der Waals surface area contributed by atoms with E-state index in [0.29, 0.717) is 6.42 Å². The maximum atomic E-state index is 11.4. The second-order valence-corrected chi connectivity index (χ2v) is 8.99. The van der Waals surface area contributed by atoms with E-state index < -0.39 is 10.0 Å². The van der Waals surface area contributed by atoms with Gasteiger partial charge in [-0.1, -0.05) is 6.08 Å². The zero-order chi connectivity index (χ0) is 17.8. The van der Waals surface area contributed by atoms with Gasteiger partial charge in [-0.25, -0.2) is 13.6 Å². The van der Waals surface area contributed by atoms with Crippen LogP contribution < -0.4 is 5.14 Å². The number of hydrogen-bond acceptors (Lipinski definition) is 5. The highest BCUT2D eigenvalue weighted by Crippen LogP contribution is 2.41. The fraction of sp³-hybridized carbons (Fsp3) is 0.667. The topological polar surface area (TPSA) is 96.4 Å². The number of nitrogens with zero attached hydrogens (tertiary/aromatic N) is 2. The van der Waals surface area contributed by atoms with E-state index in [4.69, 9.17) is 14.4 Å². The van der Waals surface area contributed by atoms with Crippen molar-refractivity contribution in [1.29, 1.82) is 0 Å². The van der Waals surface area contributed by atoms with Crippen LogP contribution >= 0.6 is 0 Å². The summed E-state index contributed by atoms with van der Waals surface area (Å²) >= 11 is 0. The highest BCUT2D eigenvalue weighted by molar-refractivity contribution is 7.89. The van der Waals surface area contributed by atoms with Gasteiger partial charge < -0.3 is 9.31 Å². The molecule has 1 aromatic rings. The van der Waals surface area contributed by atoms with E-state index in [1.165, 1.54) is 6.07 Å². The maximum Gasteiger partial charge on any atom is 0.490 e. The van der Waals surface area contributed by atoms with E-state index in [0.717, 1.165) is 18.3 Å². The number of aromatic nitrogens is 2. The van der Waals surface area contributed by atoms with Crippen molar-refractivity contribution in [2.24, 2.45) is 5.14 Å². The van der Waals surface area contributed by atoms with Crippen LogP contribution in [0, 0.1) is 0 Å². The Balaban J connectivity index is 1.76. The van der Waals surface area contributed by atoms with Gasteiger partial charge in [-0.05, 0) is 58.5 Å². The predicted molar refractivity (Wildman–Crippen MR) is 90.7 cm³/mol. The minimum atomic E-state index is -3.78. The van der Waals surface area contributed by atoms with Gasteiger partial charge in [-0.2, -0.15) is 5.10 Å². The third-order valence-electron chi connectivity index (χ3n) is 5.18. The molecule has 1 fully saturated rings. The van der Waals surface area contributed by atoms with Gasteiger partial charge in [0, 0.05) is 6.20 Å². The first-order valence-electron chi connectivity index (χ1n) is 8.12. The van der Waals surface area contributed by atoms with Gasteiger partial charge in [-0.15, -0.1) is 0 Å². The average molecular weight is 353 g/mol. The molecule has 1 atom stereocenters. The first-order chi connectivity index (χ1) is 11.0. The zero-order valence-corrected chi connectivity index (χ0v) is 15.3. The van der Waals surface area contributed by atoms with Crippen LogP contribution in [0.15, 0.2) is 28.8 Å². The second-order valence-electron chi connectivity index (χ2n) is 7.48. The van der Waals surface area contributed by atoms with Crippen LogP contribution in [0.3, 0.4) is 0 Å². The number of hydrogen-bond donors (Lipinski definition) is 1. The molecule has 0 amide bonds. The minimum Gasteiger partial charge on any atom is -0.400 e. The van der Waals surface area contributed by atoms with E-state index >= 15 is 0 Å². The van der Waals surface area contributed by atoms with Crippen LogP contribution in [0.2, 0.25) is 0 Å². The Morgan fingerprint density at radius 1 is 1.29 bits per heavy atom. The highest BCUT2D eigenvalue weighted by Gasteiger charge is 2.52. The standard InChI is InChI=1S/C15H24BN3O4S/c1-14(2)15(3,4)23-16(22-14)11-6-5-7-12(10-11)19-9-8-13(18-19)24(17,20)21/h6,8-9,12H,5,7,10H2,1-4H3,(H2,17,20,21). The van der Waals surface area contributed by atoms with Gasteiger partial charge in [0.1, 0.15) is 0 Å². The van der Waals surface area contributed by atoms with Gasteiger partial charge >= 0.3 is 7.12 Å². The summed E-state index contributed by atoms with van der Waals surface area (Å²) in [4.78, 5) is 0. The molecular weight excluding hydrogens is 329 g/mol. The van der Waals surface area contributed by atoms with Crippen LogP contribution in [0.5, 0.6) is 0 Å². The summed E-state index contributed by atoms with van der Waals surface area (Å²) < 4.78 is 36.7. The Bertz CT molecular complexity index is 753. The molecule has 9 heteroatoms. The molecular formula is C15H24BN3O4S. The third kappa shape index (κ3) is 3.18. The van der Waals surface area contributed by atoms with Gasteiger partial charge in [0.05, 0.1) is 17.2 Å². The Kier molecular flexibility index (Phi) is 4.19. The van der Waals surface area contributed by atoms with Gasteiger partial charge in [-0.3, -0.25) is 4.68 Å². The lowest BCUT2D eigenvalue weighted by Crippen LogP contribution is -2.41. The summed E-state index contributed by atoms with van der Waals surface area (Å²) in [5, 5.41) is 9.15. The molecule has 0 radical (unpaired) electrons. The largest absolute Gasteiger partial charge is 0.490 e. The molecule has 1 saturated heterocycles. The fourth-order valence-electron chi connectivity index (χ4n) is 3.01. The van der Waals surface area contributed by atoms with E-state index in [2.05, 4.69) is 11.2 Å². The lowest BCUT2D eigenvalue weighted by Gasteiger charge is -2.32. The van der Waals surface area contributed by atoms with Crippen molar-refractivity contribution < 1.29 is 17.7 Å². The third-order valence-corrected chi connectivity index (χ3v) is 5.98. The Labute approximate surface area is 143 Å². The first-order valence-corrected chi connectivity index (χ1v) is 9.67. The van der Waals surface area contributed by atoms with Crippen molar-refractivity contribution in [2.75, 3.05) is 0 Å². The van der Waals surface area contributed by atoms with Gasteiger partial charge in [0.15, 0.2) is 5.03 Å². The number of rotatable bonds is 3. The monoisotopic (exact) mass is 353 g/mol. The average Bonchev–Trinajstić information content (AvgIpc) is 3.02. The molecule has 0 aromatic carbocycles. The van der Waals surface area contributed by atoms with Crippen LogP contribution in [0.25, 0.3) is 0 Å². The molecule has 2 aliphatic rings. The second kappa shape index (κ2) is 5.69. The maximum absolute atomic E-state index is 11.4.